The van der Waals surface area contributed by atoms with E-state index in [-0.39, 0.29) is 5.69 Å². The van der Waals surface area contributed by atoms with E-state index in [1.165, 1.54) is 12.1 Å². The summed E-state index contributed by atoms with van der Waals surface area (Å²) in [7, 11) is 0. The lowest BCUT2D eigenvalue weighted by Gasteiger charge is -2.33. The molecule has 1 atom stereocenters. The topological polar surface area (TPSA) is 75.4 Å². The van der Waals surface area contributed by atoms with Gasteiger partial charge in [-0.1, -0.05) is 6.07 Å². The molecule has 91 valence electrons. The van der Waals surface area contributed by atoms with E-state index >= 15 is 0 Å². The number of nitro benzene ring substituents is 1. The lowest BCUT2D eigenvalue weighted by Crippen LogP contribution is -2.40. The van der Waals surface area contributed by atoms with Crippen LogP contribution >= 0.6 is 0 Å². The number of nitrogens with one attached hydrogen (secondary N) is 1. The van der Waals surface area contributed by atoms with E-state index in [9.17, 15) is 15.2 Å². The van der Waals surface area contributed by atoms with Gasteiger partial charge in [-0.25, -0.2) is 0 Å². The Morgan fingerprint density at radius 2 is 2.29 bits per heavy atom. The molecule has 17 heavy (non-hydrogen) atoms. The summed E-state index contributed by atoms with van der Waals surface area (Å²) >= 11 is 0. The van der Waals surface area contributed by atoms with Crippen LogP contribution in [0, 0.1) is 16.5 Å². The molecule has 1 aromatic rings. The molecule has 0 aromatic heterocycles. The van der Waals surface area contributed by atoms with Crippen LogP contribution in [0.5, 0.6) is 0 Å². The Hall–Kier alpha value is -1.62. The molecule has 0 heterocycles. The van der Waals surface area contributed by atoms with Crippen LogP contribution in [0.1, 0.15) is 25.7 Å². The summed E-state index contributed by atoms with van der Waals surface area (Å²) in [6.07, 6.45) is 5.20. The molecular weight excluding hydrogens is 220 g/mol. The second-order valence-corrected chi connectivity index (χ2v) is 4.35. The smallest absolute Gasteiger partial charge is 0.271 e. The van der Waals surface area contributed by atoms with Crippen molar-refractivity contribution in [2.24, 2.45) is 0 Å². The average molecular weight is 235 g/mol. The fraction of sp³-hybridized carbons (Fsp3) is 0.417. The van der Waals surface area contributed by atoms with Gasteiger partial charge in [-0.05, 0) is 38.2 Å². The predicted molar refractivity (Wildman–Crippen MR) is 64.4 cm³/mol. The zero-order chi connectivity index (χ0) is 12.3. The average Bonchev–Trinajstić information content (AvgIpc) is 2.29. The maximum Gasteiger partial charge on any atom is 0.271 e. The lowest BCUT2D eigenvalue weighted by atomic mass is 9.91. The highest BCUT2D eigenvalue weighted by atomic mass is 16.6. The summed E-state index contributed by atoms with van der Waals surface area (Å²) in [6.45, 7) is 0. The van der Waals surface area contributed by atoms with Crippen LogP contribution in [0.2, 0.25) is 0 Å². The summed E-state index contributed by atoms with van der Waals surface area (Å²) < 4.78 is 0. The number of nitrogens with zero attached hydrogens (tertiary/aromatic N) is 1. The number of rotatable bonds is 3. The maximum atomic E-state index is 10.6. The molecule has 5 heteroatoms. The molecule has 1 aliphatic rings. The molecule has 1 unspecified atom stereocenters. The van der Waals surface area contributed by atoms with Gasteiger partial charge in [-0.2, -0.15) is 0 Å². The molecule has 0 spiro atoms. The van der Waals surface area contributed by atoms with Crippen LogP contribution in [0.4, 0.5) is 11.4 Å². The Kier molecular flexibility index (Phi) is 3.28. The highest BCUT2D eigenvalue weighted by molar-refractivity contribution is 5.52. The summed E-state index contributed by atoms with van der Waals surface area (Å²) in [5, 5.41) is 23.8. The minimum absolute atomic E-state index is 0.0263. The molecule has 0 amide bonds. The van der Waals surface area contributed by atoms with Crippen LogP contribution in [0.25, 0.3) is 0 Å². The fourth-order valence-electron chi connectivity index (χ4n) is 2.06. The third-order valence-electron chi connectivity index (χ3n) is 2.91. The summed E-state index contributed by atoms with van der Waals surface area (Å²) in [4.78, 5) is 10.2. The monoisotopic (exact) mass is 235 g/mol. The van der Waals surface area contributed by atoms with Gasteiger partial charge in [0.25, 0.3) is 5.69 Å². The molecular formula is C12H15N2O3. The molecule has 1 aromatic carbocycles. The van der Waals surface area contributed by atoms with E-state index in [2.05, 4.69) is 5.32 Å². The first-order chi connectivity index (χ1) is 8.09. The molecule has 5 nitrogen and oxygen atoms in total. The minimum atomic E-state index is -0.965. The van der Waals surface area contributed by atoms with Crippen molar-refractivity contribution in [3.63, 3.8) is 0 Å². The van der Waals surface area contributed by atoms with E-state index in [1.807, 2.05) is 6.42 Å². The second-order valence-electron chi connectivity index (χ2n) is 4.35. The van der Waals surface area contributed by atoms with Crippen molar-refractivity contribution in [1.29, 1.82) is 0 Å². The summed E-state index contributed by atoms with van der Waals surface area (Å²) in [5.74, 6) is 0. The van der Waals surface area contributed by atoms with Crippen molar-refractivity contribution in [3.05, 3.63) is 40.8 Å². The number of benzene rings is 1. The molecule has 1 saturated carbocycles. The Balaban J connectivity index is 2.12. The Morgan fingerprint density at radius 1 is 1.47 bits per heavy atom. The number of hydrogen-bond acceptors (Lipinski definition) is 4. The molecule has 1 aliphatic carbocycles. The standard InChI is InChI=1S/C12H15N2O3/c15-12(7-2-1-3-8-12)13-10-5-4-6-11(9-10)14(16)17/h2,4-6,9,13,15H,1,3,7-8H2. The van der Waals surface area contributed by atoms with Gasteiger partial charge in [0.05, 0.1) is 4.92 Å². The van der Waals surface area contributed by atoms with Crippen molar-refractivity contribution in [3.8, 4) is 0 Å². The largest absolute Gasteiger partial charge is 0.371 e. The van der Waals surface area contributed by atoms with Crippen molar-refractivity contribution in [1.82, 2.24) is 0 Å². The van der Waals surface area contributed by atoms with Gasteiger partial charge in [0, 0.05) is 17.8 Å². The predicted octanol–water partition coefficient (Wildman–Crippen LogP) is 2.47. The minimum Gasteiger partial charge on any atom is -0.371 e. The molecule has 0 bridgehead atoms. The third-order valence-corrected chi connectivity index (χ3v) is 2.91. The number of aliphatic hydroxyl groups is 1. The Labute approximate surface area is 99.6 Å². The quantitative estimate of drug-likeness (QED) is 0.479. The van der Waals surface area contributed by atoms with Crippen LogP contribution in [-0.2, 0) is 0 Å². The van der Waals surface area contributed by atoms with E-state index in [0.717, 1.165) is 12.8 Å². The highest BCUT2D eigenvalue weighted by Crippen LogP contribution is 2.29. The van der Waals surface area contributed by atoms with Crippen molar-refractivity contribution >= 4 is 11.4 Å². The number of anilines is 1. The molecule has 0 aliphatic heterocycles. The fourth-order valence-corrected chi connectivity index (χ4v) is 2.06. The van der Waals surface area contributed by atoms with Gasteiger partial charge < -0.3 is 10.4 Å². The van der Waals surface area contributed by atoms with Gasteiger partial charge in [-0.3, -0.25) is 10.1 Å². The van der Waals surface area contributed by atoms with Crippen LogP contribution in [0.3, 0.4) is 0 Å². The first kappa shape index (κ1) is 11.9. The van der Waals surface area contributed by atoms with E-state index in [0.29, 0.717) is 18.5 Å². The molecule has 1 radical (unpaired) electrons. The Bertz CT molecular complexity index is 414. The van der Waals surface area contributed by atoms with Gasteiger partial charge in [-0.15, -0.1) is 0 Å². The Morgan fingerprint density at radius 3 is 2.94 bits per heavy atom. The van der Waals surface area contributed by atoms with Crippen molar-refractivity contribution in [2.75, 3.05) is 5.32 Å². The summed E-state index contributed by atoms with van der Waals surface area (Å²) in [6, 6.07) is 6.20. The normalized spacial score (nSPS) is 18.6. The zero-order valence-corrected chi connectivity index (χ0v) is 9.43. The molecule has 2 rings (SSSR count). The second kappa shape index (κ2) is 4.71. The van der Waals surface area contributed by atoms with E-state index in [4.69, 9.17) is 0 Å². The van der Waals surface area contributed by atoms with E-state index < -0.39 is 10.6 Å². The SMILES string of the molecule is O=[N+]([O-])c1cccc(NC2(O)C[CH]CCC2)c1. The van der Waals surface area contributed by atoms with Gasteiger partial charge >= 0.3 is 0 Å². The van der Waals surface area contributed by atoms with Gasteiger partial charge in [0.1, 0.15) is 5.72 Å². The molecule has 0 saturated heterocycles. The van der Waals surface area contributed by atoms with Crippen molar-refractivity contribution in [2.45, 2.75) is 31.4 Å². The third kappa shape index (κ3) is 2.94. The van der Waals surface area contributed by atoms with Crippen LogP contribution in [0.15, 0.2) is 24.3 Å². The lowest BCUT2D eigenvalue weighted by molar-refractivity contribution is -0.384. The number of hydrogen-bond donors (Lipinski definition) is 2. The molecule has 2 N–H and O–H groups in total. The maximum absolute atomic E-state index is 10.6. The first-order valence-electron chi connectivity index (χ1n) is 5.66. The van der Waals surface area contributed by atoms with Crippen LogP contribution < -0.4 is 5.32 Å². The van der Waals surface area contributed by atoms with Crippen LogP contribution in [-0.4, -0.2) is 15.8 Å². The molecule has 1 fully saturated rings. The van der Waals surface area contributed by atoms with E-state index in [1.54, 1.807) is 12.1 Å². The van der Waals surface area contributed by atoms with Gasteiger partial charge in [0.2, 0.25) is 0 Å². The van der Waals surface area contributed by atoms with Crippen molar-refractivity contribution < 1.29 is 10.0 Å². The summed E-state index contributed by atoms with van der Waals surface area (Å²) in [5.41, 5.74) is -0.358. The highest BCUT2D eigenvalue weighted by Gasteiger charge is 2.29. The zero-order valence-electron chi connectivity index (χ0n) is 9.43. The number of non-ortho nitro benzene ring substituents is 1. The van der Waals surface area contributed by atoms with Gasteiger partial charge in [0.15, 0.2) is 0 Å². The number of nitro groups is 1. The first-order valence-corrected chi connectivity index (χ1v) is 5.66.